The molecular formula is C24H23F3N4O2. The van der Waals surface area contributed by atoms with Crippen molar-refractivity contribution in [2.24, 2.45) is 0 Å². The van der Waals surface area contributed by atoms with Crippen LogP contribution in [0.4, 0.5) is 19.0 Å². The number of halogens is 3. The molecule has 0 aliphatic carbocycles. The Morgan fingerprint density at radius 2 is 2.09 bits per heavy atom. The van der Waals surface area contributed by atoms with Gasteiger partial charge in [0.1, 0.15) is 5.69 Å². The first-order valence-corrected chi connectivity index (χ1v) is 10.2. The zero-order valence-electron chi connectivity index (χ0n) is 18.5. The van der Waals surface area contributed by atoms with Crippen molar-refractivity contribution in [1.29, 1.82) is 0 Å². The molecule has 9 heteroatoms. The van der Waals surface area contributed by atoms with E-state index in [-0.39, 0.29) is 12.4 Å². The Balaban J connectivity index is 2.09. The van der Waals surface area contributed by atoms with Crippen molar-refractivity contribution in [1.82, 2.24) is 14.4 Å². The molecule has 0 amide bonds. The second-order valence-corrected chi connectivity index (χ2v) is 7.33. The first-order valence-electron chi connectivity index (χ1n) is 10.2. The van der Waals surface area contributed by atoms with E-state index in [2.05, 4.69) is 33.7 Å². The van der Waals surface area contributed by atoms with E-state index in [1.807, 2.05) is 13.0 Å². The molecule has 2 heterocycles. The molecule has 0 saturated carbocycles. The molecule has 6 nitrogen and oxygen atoms in total. The molecule has 0 aliphatic heterocycles. The molecule has 1 N–H and O–H groups in total. The standard InChI is InChI=1S/C24H23F3N4O2/c1-5-15(2)6-8-18-14-31-20(17-7-9-19(16(3)12-17)23(32)33-4)13-29-22(31)21(30-18)28-11-10-24(25,26)27/h7,9,12-14H,2,5,10-11H2,1,3-4H3,(H,28,30). The van der Waals surface area contributed by atoms with Crippen molar-refractivity contribution >= 4 is 17.4 Å². The number of benzene rings is 1. The van der Waals surface area contributed by atoms with Crippen LogP contribution in [0, 0.1) is 18.8 Å². The maximum atomic E-state index is 12.6. The van der Waals surface area contributed by atoms with Gasteiger partial charge in [-0.1, -0.05) is 25.5 Å². The van der Waals surface area contributed by atoms with Crippen molar-refractivity contribution in [3.05, 3.63) is 59.6 Å². The molecular weight excluding hydrogens is 433 g/mol. The molecule has 3 rings (SSSR count). The number of allylic oxidation sites excluding steroid dienone is 1. The van der Waals surface area contributed by atoms with Gasteiger partial charge in [-0.15, -0.1) is 0 Å². The van der Waals surface area contributed by atoms with Gasteiger partial charge in [0.25, 0.3) is 0 Å². The molecule has 1 aromatic carbocycles. The summed E-state index contributed by atoms with van der Waals surface area (Å²) in [4.78, 5) is 20.6. The fourth-order valence-electron chi connectivity index (χ4n) is 3.11. The van der Waals surface area contributed by atoms with Gasteiger partial charge in [-0.05, 0) is 42.5 Å². The Labute approximate surface area is 189 Å². The molecule has 3 aromatic rings. The monoisotopic (exact) mass is 456 g/mol. The smallest absolute Gasteiger partial charge is 0.390 e. The van der Waals surface area contributed by atoms with Gasteiger partial charge >= 0.3 is 12.1 Å². The van der Waals surface area contributed by atoms with E-state index >= 15 is 0 Å². The van der Waals surface area contributed by atoms with Gasteiger partial charge in [0, 0.05) is 18.3 Å². The van der Waals surface area contributed by atoms with E-state index in [9.17, 15) is 18.0 Å². The SMILES string of the molecule is C=C(C#Cc1cn2c(-c3ccc(C(=O)OC)c(C)c3)cnc2c(NCCC(F)(F)F)n1)CC. The number of rotatable bonds is 6. The second kappa shape index (κ2) is 9.77. The van der Waals surface area contributed by atoms with Gasteiger partial charge in [0.05, 0.1) is 31.0 Å². The van der Waals surface area contributed by atoms with Crippen LogP contribution < -0.4 is 5.32 Å². The molecule has 0 atom stereocenters. The molecule has 0 radical (unpaired) electrons. The first-order chi connectivity index (χ1) is 15.6. The van der Waals surface area contributed by atoms with Crippen LogP contribution in [-0.4, -0.2) is 40.2 Å². The van der Waals surface area contributed by atoms with Crippen LogP contribution in [0.15, 0.2) is 42.7 Å². The van der Waals surface area contributed by atoms with E-state index in [0.29, 0.717) is 40.2 Å². The first kappa shape index (κ1) is 23.9. The summed E-state index contributed by atoms with van der Waals surface area (Å²) in [5, 5.41) is 2.73. The van der Waals surface area contributed by atoms with Crippen molar-refractivity contribution in [2.45, 2.75) is 32.9 Å². The van der Waals surface area contributed by atoms with E-state index in [0.717, 1.165) is 5.56 Å². The Morgan fingerprint density at radius 1 is 1.33 bits per heavy atom. The maximum Gasteiger partial charge on any atom is 0.390 e. The number of esters is 1. The largest absolute Gasteiger partial charge is 0.465 e. The number of anilines is 1. The lowest BCUT2D eigenvalue weighted by molar-refractivity contribution is -0.131. The summed E-state index contributed by atoms with van der Waals surface area (Å²) in [6.45, 7) is 7.21. The molecule has 2 aromatic heterocycles. The highest BCUT2D eigenvalue weighted by Gasteiger charge is 2.26. The molecule has 0 spiro atoms. The number of aryl methyl sites for hydroxylation is 1. The van der Waals surface area contributed by atoms with Crippen LogP contribution in [0.1, 0.15) is 41.4 Å². The molecule has 0 unspecified atom stereocenters. The van der Waals surface area contributed by atoms with Crippen LogP contribution in [-0.2, 0) is 4.74 Å². The summed E-state index contributed by atoms with van der Waals surface area (Å²) < 4.78 is 44.4. The number of alkyl halides is 3. The average Bonchev–Trinajstić information content (AvgIpc) is 3.20. The fraction of sp³-hybridized carbons (Fsp3) is 0.292. The topological polar surface area (TPSA) is 68.5 Å². The number of hydrogen-bond acceptors (Lipinski definition) is 5. The van der Waals surface area contributed by atoms with Gasteiger partial charge in [-0.3, -0.25) is 4.40 Å². The number of hydrogen-bond donors (Lipinski definition) is 1. The molecule has 0 aliphatic rings. The zero-order valence-corrected chi connectivity index (χ0v) is 18.5. The van der Waals surface area contributed by atoms with Crippen molar-refractivity contribution < 1.29 is 22.7 Å². The molecule has 0 saturated heterocycles. The van der Waals surface area contributed by atoms with E-state index in [4.69, 9.17) is 4.74 Å². The van der Waals surface area contributed by atoms with Crippen molar-refractivity contribution in [3.8, 4) is 23.1 Å². The second-order valence-electron chi connectivity index (χ2n) is 7.33. The predicted molar refractivity (Wildman–Crippen MR) is 120 cm³/mol. The number of aromatic nitrogens is 3. The van der Waals surface area contributed by atoms with Crippen LogP contribution in [0.3, 0.4) is 0 Å². The summed E-state index contributed by atoms with van der Waals surface area (Å²) in [6.07, 6.45) is -1.36. The lowest BCUT2D eigenvalue weighted by atomic mass is 10.0. The quantitative estimate of drug-likeness (QED) is 0.409. The van der Waals surface area contributed by atoms with Crippen LogP contribution in [0.25, 0.3) is 16.9 Å². The maximum absolute atomic E-state index is 12.6. The minimum absolute atomic E-state index is 0.197. The zero-order chi connectivity index (χ0) is 24.2. The van der Waals surface area contributed by atoms with Gasteiger partial charge in [-0.25, -0.2) is 14.8 Å². The Hall–Kier alpha value is -3.80. The molecule has 0 bridgehead atoms. The number of carbonyl (C=O) groups excluding carboxylic acids is 1. The number of carbonyl (C=O) groups is 1. The Kier molecular flexibility index (Phi) is 7.07. The van der Waals surface area contributed by atoms with Gasteiger partial charge in [0.2, 0.25) is 0 Å². The average molecular weight is 456 g/mol. The molecule has 172 valence electrons. The minimum Gasteiger partial charge on any atom is -0.465 e. The summed E-state index contributed by atoms with van der Waals surface area (Å²) >= 11 is 0. The third kappa shape index (κ3) is 5.71. The summed E-state index contributed by atoms with van der Waals surface area (Å²) in [7, 11) is 1.32. The summed E-state index contributed by atoms with van der Waals surface area (Å²) in [6, 6.07) is 5.23. The number of fused-ring (bicyclic) bond motifs is 1. The third-order valence-electron chi connectivity index (χ3n) is 4.91. The number of methoxy groups -OCH3 is 1. The van der Waals surface area contributed by atoms with Crippen LogP contribution in [0.2, 0.25) is 0 Å². The molecule has 0 fully saturated rings. The minimum atomic E-state index is -4.29. The normalized spacial score (nSPS) is 11.1. The van der Waals surface area contributed by atoms with E-state index < -0.39 is 18.6 Å². The number of imidazole rings is 1. The number of nitrogens with one attached hydrogen (secondary N) is 1. The highest BCUT2D eigenvalue weighted by atomic mass is 19.4. The third-order valence-corrected chi connectivity index (χ3v) is 4.91. The highest BCUT2D eigenvalue weighted by Crippen LogP contribution is 2.27. The van der Waals surface area contributed by atoms with E-state index in [1.54, 1.807) is 35.9 Å². The van der Waals surface area contributed by atoms with Gasteiger partial charge in [0.15, 0.2) is 11.5 Å². The lowest BCUT2D eigenvalue weighted by Crippen LogP contribution is -2.16. The number of nitrogens with zero attached hydrogens (tertiary/aromatic N) is 3. The van der Waals surface area contributed by atoms with Gasteiger partial charge < -0.3 is 10.1 Å². The predicted octanol–water partition coefficient (Wildman–Crippen LogP) is 5.17. The fourth-order valence-corrected chi connectivity index (χ4v) is 3.11. The van der Waals surface area contributed by atoms with Crippen LogP contribution in [0.5, 0.6) is 0 Å². The van der Waals surface area contributed by atoms with Crippen LogP contribution >= 0.6 is 0 Å². The Bertz CT molecular complexity index is 1270. The van der Waals surface area contributed by atoms with Crippen molar-refractivity contribution in [3.63, 3.8) is 0 Å². The molecule has 33 heavy (non-hydrogen) atoms. The Morgan fingerprint density at radius 3 is 2.73 bits per heavy atom. The lowest BCUT2D eigenvalue weighted by Gasteiger charge is -2.11. The highest BCUT2D eigenvalue weighted by molar-refractivity contribution is 5.91. The van der Waals surface area contributed by atoms with Crippen molar-refractivity contribution in [2.75, 3.05) is 19.0 Å². The van der Waals surface area contributed by atoms with Gasteiger partial charge in [-0.2, -0.15) is 13.2 Å². The van der Waals surface area contributed by atoms with E-state index in [1.165, 1.54) is 7.11 Å². The summed E-state index contributed by atoms with van der Waals surface area (Å²) in [5.41, 5.74) is 4.01. The summed E-state index contributed by atoms with van der Waals surface area (Å²) in [5.74, 6) is 5.58. The number of ether oxygens (including phenoxy) is 1.